The first-order chi connectivity index (χ1) is 9.81. The second-order valence-corrected chi connectivity index (χ2v) is 6.86. The summed E-state index contributed by atoms with van der Waals surface area (Å²) in [6.45, 7) is 8.38. The maximum Gasteiger partial charge on any atom is 0.0648 e. The van der Waals surface area contributed by atoms with Gasteiger partial charge in [0.15, 0.2) is 0 Å². The first kappa shape index (κ1) is 15.8. The van der Waals surface area contributed by atoms with Gasteiger partial charge < -0.3 is 4.74 Å². The van der Waals surface area contributed by atoms with Crippen LogP contribution in [0.5, 0.6) is 0 Å². The van der Waals surface area contributed by atoms with E-state index in [0.29, 0.717) is 6.10 Å². The summed E-state index contributed by atoms with van der Waals surface area (Å²) in [6, 6.07) is 0. The van der Waals surface area contributed by atoms with Gasteiger partial charge in [0.05, 0.1) is 12.7 Å². The van der Waals surface area contributed by atoms with Crippen molar-refractivity contribution in [2.75, 3.05) is 6.61 Å². The molecule has 20 heavy (non-hydrogen) atoms. The van der Waals surface area contributed by atoms with Crippen LogP contribution in [0.2, 0.25) is 0 Å². The Morgan fingerprint density at radius 2 is 1.35 bits per heavy atom. The molecule has 0 bridgehead atoms. The Morgan fingerprint density at radius 1 is 0.800 bits per heavy atom. The number of allylic oxidation sites excluding steroid dienone is 1. The largest absolute Gasteiger partial charge is 0.374 e. The number of rotatable bonds is 7. The molecule has 1 nitrogen and oxygen atoms in total. The summed E-state index contributed by atoms with van der Waals surface area (Å²) >= 11 is 0. The fourth-order valence-electron chi connectivity index (χ4n) is 3.98. The Kier molecular flexibility index (Phi) is 6.86. The molecular weight excluding hydrogens is 244 g/mol. The van der Waals surface area contributed by atoms with Crippen LogP contribution in [0.25, 0.3) is 0 Å². The van der Waals surface area contributed by atoms with E-state index in [2.05, 4.69) is 19.2 Å². The molecule has 0 aromatic heterocycles. The normalized spacial score (nSPS) is 34.6. The van der Waals surface area contributed by atoms with Gasteiger partial charge in [0.2, 0.25) is 0 Å². The van der Waals surface area contributed by atoms with Crippen LogP contribution in [0.3, 0.4) is 0 Å². The van der Waals surface area contributed by atoms with Crippen LogP contribution in [0.4, 0.5) is 0 Å². The molecule has 1 heteroatoms. The molecule has 0 unspecified atom stereocenters. The van der Waals surface area contributed by atoms with Crippen molar-refractivity contribution in [1.82, 2.24) is 0 Å². The van der Waals surface area contributed by atoms with E-state index in [0.717, 1.165) is 24.4 Å². The van der Waals surface area contributed by atoms with Gasteiger partial charge in [-0.25, -0.2) is 0 Å². The van der Waals surface area contributed by atoms with Crippen molar-refractivity contribution < 1.29 is 4.74 Å². The molecule has 114 valence electrons. The van der Waals surface area contributed by atoms with E-state index >= 15 is 0 Å². The molecule has 0 atom stereocenters. The van der Waals surface area contributed by atoms with Gasteiger partial charge in [-0.1, -0.05) is 25.0 Å². The molecule has 0 N–H and O–H groups in total. The topological polar surface area (TPSA) is 9.23 Å². The quantitative estimate of drug-likeness (QED) is 0.556. The predicted octanol–water partition coefficient (Wildman–Crippen LogP) is 5.52. The Hall–Kier alpha value is -0.560. The van der Waals surface area contributed by atoms with E-state index in [-0.39, 0.29) is 0 Å². The van der Waals surface area contributed by atoms with Gasteiger partial charge in [-0.15, -0.1) is 13.2 Å². The van der Waals surface area contributed by atoms with Crippen LogP contribution in [0.1, 0.15) is 64.2 Å². The van der Waals surface area contributed by atoms with Crippen LogP contribution in [0, 0.1) is 17.8 Å². The zero-order chi connectivity index (χ0) is 14.2. The molecule has 0 aromatic rings. The molecule has 0 aliphatic heterocycles. The third kappa shape index (κ3) is 5.09. The monoisotopic (exact) mass is 276 g/mol. The Bertz CT molecular complexity index is 280. The lowest BCUT2D eigenvalue weighted by atomic mass is 9.77. The molecule has 0 radical (unpaired) electrons. The molecule has 0 aromatic carbocycles. The third-order valence-electron chi connectivity index (χ3n) is 5.45. The molecule has 2 fully saturated rings. The van der Waals surface area contributed by atoms with Gasteiger partial charge in [-0.05, 0) is 69.1 Å². The van der Waals surface area contributed by atoms with Crippen molar-refractivity contribution >= 4 is 0 Å². The van der Waals surface area contributed by atoms with Crippen LogP contribution in [-0.2, 0) is 4.74 Å². The van der Waals surface area contributed by atoms with Gasteiger partial charge >= 0.3 is 0 Å². The van der Waals surface area contributed by atoms with Gasteiger partial charge in [-0.2, -0.15) is 0 Å². The first-order valence-corrected chi connectivity index (χ1v) is 8.66. The van der Waals surface area contributed by atoms with Crippen LogP contribution in [0.15, 0.2) is 25.3 Å². The minimum absolute atomic E-state index is 0.507. The summed E-state index contributed by atoms with van der Waals surface area (Å²) in [4.78, 5) is 0. The van der Waals surface area contributed by atoms with E-state index in [1.165, 1.54) is 64.2 Å². The molecule has 0 heterocycles. The average Bonchev–Trinajstić information content (AvgIpc) is 2.52. The average molecular weight is 276 g/mol. The predicted molar refractivity (Wildman–Crippen MR) is 86.8 cm³/mol. The molecule has 2 aliphatic carbocycles. The molecule has 2 saturated carbocycles. The Labute approximate surface area is 125 Å². The van der Waals surface area contributed by atoms with Crippen LogP contribution >= 0.6 is 0 Å². The summed E-state index contributed by atoms with van der Waals surface area (Å²) in [7, 11) is 0. The highest BCUT2D eigenvalue weighted by Crippen LogP contribution is 2.35. The Morgan fingerprint density at radius 3 is 1.85 bits per heavy atom. The minimum atomic E-state index is 0.507. The summed E-state index contributed by atoms with van der Waals surface area (Å²) in [5.41, 5.74) is 0. The molecule has 0 spiro atoms. The fourth-order valence-corrected chi connectivity index (χ4v) is 3.98. The van der Waals surface area contributed by atoms with Crippen molar-refractivity contribution in [3.63, 3.8) is 0 Å². The van der Waals surface area contributed by atoms with Crippen molar-refractivity contribution in [3.8, 4) is 0 Å². The summed E-state index contributed by atoms with van der Waals surface area (Å²) in [6.07, 6.45) is 18.4. The minimum Gasteiger partial charge on any atom is -0.374 e. The first-order valence-electron chi connectivity index (χ1n) is 8.66. The van der Waals surface area contributed by atoms with Crippen molar-refractivity contribution in [3.05, 3.63) is 25.3 Å². The van der Waals surface area contributed by atoms with Crippen LogP contribution in [-0.4, -0.2) is 12.7 Å². The van der Waals surface area contributed by atoms with E-state index in [1.807, 2.05) is 6.08 Å². The maximum atomic E-state index is 5.77. The molecule has 2 rings (SSSR count). The molecule has 0 saturated heterocycles. The summed E-state index contributed by atoms with van der Waals surface area (Å²) < 4.78 is 5.77. The lowest BCUT2D eigenvalue weighted by Gasteiger charge is -2.31. The lowest BCUT2D eigenvalue weighted by molar-refractivity contribution is 0.0327. The smallest absolute Gasteiger partial charge is 0.0648 e. The Balaban J connectivity index is 1.57. The van der Waals surface area contributed by atoms with E-state index in [1.54, 1.807) is 0 Å². The molecule has 2 aliphatic rings. The van der Waals surface area contributed by atoms with E-state index in [9.17, 15) is 0 Å². The summed E-state index contributed by atoms with van der Waals surface area (Å²) in [5.74, 6) is 2.78. The van der Waals surface area contributed by atoms with Gasteiger partial charge in [0, 0.05) is 0 Å². The lowest BCUT2D eigenvalue weighted by Crippen LogP contribution is -2.22. The number of ether oxygens (including phenoxy) is 1. The fraction of sp³-hybridized carbons (Fsp3) is 0.789. The van der Waals surface area contributed by atoms with Crippen molar-refractivity contribution in [1.29, 1.82) is 0 Å². The van der Waals surface area contributed by atoms with Gasteiger partial charge in [0.25, 0.3) is 0 Å². The van der Waals surface area contributed by atoms with Crippen LogP contribution < -0.4 is 0 Å². The van der Waals surface area contributed by atoms with E-state index in [4.69, 9.17) is 4.74 Å². The van der Waals surface area contributed by atoms with Gasteiger partial charge in [-0.3, -0.25) is 0 Å². The molecular formula is C19H32O. The van der Waals surface area contributed by atoms with E-state index < -0.39 is 0 Å². The second kappa shape index (κ2) is 8.67. The maximum absolute atomic E-state index is 5.77. The third-order valence-corrected chi connectivity index (χ3v) is 5.45. The van der Waals surface area contributed by atoms with Gasteiger partial charge in [0.1, 0.15) is 0 Å². The standard InChI is InChI=1S/C19H32O/c1-3-15-20-19-13-11-18(12-14-19)10-9-17-7-5-16(4-2)6-8-17/h3-4,16-19H,1-2,5-15H2. The second-order valence-electron chi connectivity index (χ2n) is 6.86. The highest BCUT2D eigenvalue weighted by atomic mass is 16.5. The molecule has 0 amide bonds. The number of hydrogen-bond acceptors (Lipinski definition) is 1. The highest BCUT2D eigenvalue weighted by molar-refractivity contribution is 4.84. The van der Waals surface area contributed by atoms with Crippen molar-refractivity contribution in [2.24, 2.45) is 17.8 Å². The summed E-state index contributed by atoms with van der Waals surface area (Å²) in [5, 5.41) is 0. The zero-order valence-electron chi connectivity index (χ0n) is 13.1. The SMILES string of the molecule is C=CCOC1CCC(CCC2CCC(C=C)CC2)CC1. The zero-order valence-corrected chi connectivity index (χ0v) is 13.1. The highest BCUT2D eigenvalue weighted by Gasteiger charge is 2.24. The van der Waals surface area contributed by atoms with Crippen molar-refractivity contribution in [2.45, 2.75) is 70.3 Å². The number of hydrogen-bond donors (Lipinski definition) is 0.